The Bertz CT molecular complexity index is 422. The third kappa shape index (κ3) is 4.62. The molecule has 1 unspecified atom stereocenters. The Morgan fingerprint density at radius 1 is 1.55 bits per heavy atom. The van der Waals surface area contributed by atoms with Gasteiger partial charge < -0.3 is 10.4 Å². The quantitative estimate of drug-likeness (QED) is 0.541. The Balaban J connectivity index is 1.77. The van der Waals surface area contributed by atoms with Crippen LogP contribution in [-0.2, 0) is 0 Å². The van der Waals surface area contributed by atoms with Crippen molar-refractivity contribution in [1.29, 1.82) is 0 Å². The van der Waals surface area contributed by atoms with Crippen molar-refractivity contribution >= 4 is 23.4 Å². The molecular formula is C15H23ClN2OS. The van der Waals surface area contributed by atoms with Gasteiger partial charge in [0, 0.05) is 17.8 Å². The summed E-state index contributed by atoms with van der Waals surface area (Å²) >= 11 is 7.78. The van der Waals surface area contributed by atoms with Gasteiger partial charge >= 0.3 is 0 Å². The van der Waals surface area contributed by atoms with Crippen LogP contribution >= 0.6 is 23.4 Å². The number of nitrogens with one attached hydrogen (secondary N) is 1. The van der Waals surface area contributed by atoms with Gasteiger partial charge in [-0.15, -0.1) is 11.8 Å². The van der Waals surface area contributed by atoms with Crippen molar-refractivity contribution in [2.75, 3.05) is 12.4 Å². The van der Waals surface area contributed by atoms with Crippen molar-refractivity contribution in [3.05, 3.63) is 23.4 Å². The molecule has 112 valence electrons. The zero-order chi connectivity index (χ0) is 14.4. The van der Waals surface area contributed by atoms with E-state index in [0.29, 0.717) is 6.04 Å². The molecule has 0 radical (unpaired) electrons. The molecule has 0 aliphatic heterocycles. The van der Waals surface area contributed by atoms with Gasteiger partial charge in [0.25, 0.3) is 0 Å². The van der Waals surface area contributed by atoms with Crippen LogP contribution in [0.25, 0.3) is 0 Å². The molecular weight excluding hydrogens is 292 g/mol. The molecule has 5 heteroatoms. The summed E-state index contributed by atoms with van der Waals surface area (Å²) in [7, 11) is 0. The fraction of sp³-hybridized carbons (Fsp3) is 0.667. The first kappa shape index (κ1) is 16.1. The highest BCUT2D eigenvalue weighted by Gasteiger charge is 2.33. The number of thioether (sulfide) groups is 1. The molecule has 0 aromatic carbocycles. The monoisotopic (exact) mass is 314 g/mol. The smallest absolute Gasteiger partial charge is 0.115 e. The van der Waals surface area contributed by atoms with Gasteiger partial charge in [-0.25, -0.2) is 4.98 Å². The molecule has 1 heterocycles. The molecule has 20 heavy (non-hydrogen) atoms. The third-order valence-corrected chi connectivity index (χ3v) is 5.34. The van der Waals surface area contributed by atoms with Gasteiger partial charge in [-0.1, -0.05) is 18.5 Å². The standard InChI is InChI=1S/C15H23ClN2OS/c1-2-15(11-19,18-12-6-7-12)8-4-10-20-14-13(16)5-3-9-17-14/h3,5,9,12,18-19H,2,4,6-8,10-11H2,1H3. The van der Waals surface area contributed by atoms with E-state index in [1.165, 1.54) is 12.8 Å². The number of pyridine rings is 1. The highest BCUT2D eigenvalue weighted by Crippen LogP contribution is 2.29. The van der Waals surface area contributed by atoms with E-state index in [1.54, 1.807) is 18.0 Å². The molecule has 2 N–H and O–H groups in total. The van der Waals surface area contributed by atoms with Crippen molar-refractivity contribution in [3.8, 4) is 0 Å². The van der Waals surface area contributed by atoms with Gasteiger partial charge in [-0.2, -0.15) is 0 Å². The molecule has 3 nitrogen and oxygen atoms in total. The predicted molar refractivity (Wildman–Crippen MR) is 85.5 cm³/mol. The van der Waals surface area contributed by atoms with Gasteiger partial charge in [0.1, 0.15) is 5.03 Å². The van der Waals surface area contributed by atoms with E-state index in [2.05, 4.69) is 17.2 Å². The van der Waals surface area contributed by atoms with E-state index in [1.807, 2.05) is 12.1 Å². The van der Waals surface area contributed by atoms with E-state index < -0.39 is 0 Å². The number of halogens is 1. The van der Waals surface area contributed by atoms with E-state index in [-0.39, 0.29) is 12.1 Å². The molecule has 1 saturated carbocycles. The Morgan fingerprint density at radius 2 is 2.35 bits per heavy atom. The summed E-state index contributed by atoms with van der Waals surface area (Å²) < 4.78 is 0. The third-order valence-electron chi connectivity index (χ3n) is 3.83. The van der Waals surface area contributed by atoms with Gasteiger partial charge in [-0.05, 0) is 50.0 Å². The second kappa shape index (κ2) is 7.64. The summed E-state index contributed by atoms with van der Waals surface area (Å²) in [6.45, 7) is 2.36. The van der Waals surface area contributed by atoms with Gasteiger partial charge in [0.15, 0.2) is 0 Å². The first-order chi connectivity index (χ1) is 9.69. The number of hydrogen-bond donors (Lipinski definition) is 2. The fourth-order valence-electron chi connectivity index (χ4n) is 2.31. The van der Waals surface area contributed by atoms with E-state index in [4.69, 9.17) is 11.6 Å². The Labute approximate surface area is 130 Å². The fourth-order valence-corrected chi connectivity index (χ4v) is 3.41. The highest BCUT2D eigenvalue weighted by atomic mass is 35.5. The van der Waals surface area contributed by atoms with Crippen LogP contribution in [0.5, 0.6) is 0 Å². The van der Waals surface area contributed by atoms with Crippen LogP contribution in [0, 0.1) is 0 Å². The second-order valence-electron chi connectivity index (χ2n) is 5.45. The van der Waals surface area contributed by atoms with E-state index in [9.17, 15) is 5.11 Å². The summed E-state index contributed by atoms with van der Waals surface area (Å²) in [4.78, 5) is 4.28. The molecule has 1 fully saturated rings. The topological polar surface area (TPSA) is 45.2 Å². The average Bonchev–Trinajstić information content (AvgIpc) is 3.28. The van der Waals surface area contributed by atoms with Crippen LogP contribution < -0.4 is 5.32 Å². The minimum atomic E-state index is -0.102. The van der Waals surface area contributed by atoms with E-state index in [0.717, 1.165) is 35.1 Å². The maximum atomic E-state index is 9.71. The summed E-state index contributed by atoms with van der Waals surface area (Å²) in [6.07, 6.45) is 7.28. The summed E-state index contributed by atoms with van der Waals surface area (Å²) in [5.74, 6) is 0.977. The number of aromatic nitrogens is 1. The molecule has 0 amide bonds. The zero-order valence-corrected chi connectivity index (χ0v) is 13.5. The van der Waals surface area contributed by atoms with Crippen molar-refractivity contribution in [2.45, 2.75) is 55.6 Å². The molecule has 1 aromatic rings. The SMILES string of the molecule is CCC(CO)(CCCSc1ncccc1Cl)NC1CC1. The van der Waals surface area contributed by atoms with Crippen molar-refractivity contribution in [2.24, 2.45) is 0 Å². The van der Waals surface area contributed by atoms with Gasteiger partial charge in [0.05, 0.1) is 11.6 Å². The molecule has 0 bridgehead atoms. The van der Waals surface area contributed by atoms with Gasteiger partial charge in [-0.3, -0.25) is 0 Å². The lowest BCUT2D eigenvalue weighted by molar-refractivity contribution is 0.144. The number of aliphatic hydroxyl groups is 1. The summed E-state index contributed by atoms with van der Waals surface area (Å²) in [5.41, 5.74) is -0.102. The van der Waals surface area contributed by atoms with Crippen LogP contribution in [0.4, 0.5) is 0 Å². The summed E-state index contributed by atoms with van der Waals surface area (Å²) in [6, 6.07) is 4.34. The Kier molecular flexibility index (Phi) is 6.15. The Hall–Kier alpha value is -0.290. The normalized spacial score (nSPS) is 17.9. The average molecular weight is 315 g/mol. The predicted octanol–water partition coefficient (Wildman–Crippen LogP) is 3.50. The molecule has 1 atom stereocenters. The van der Waals surface area contributed by atoms with Gasteiger partial charge in [0.2, 0.25) is 0 Å². The Morgan fingerprint density at radius 3 is 2.95 bits per heavy atom. The minimum Gasteiger partial charge on any atom is -0.394 e. The molecule has 1 aliphatic carbocycles. The van der Waals surface area contributed by atoms with Crippen molar-refractivity contribution < 1.29 is 5.11 Å². The lowest BCUT2D eigenvalue weighted by atomic mass is 9.91. The maximum Gasteiger partial charge on any atom is 0.115 e. The first-order valence-electron chi connectivity index (χ1n) is 7.31. The summed E-state index contributed by atoms with van der Waals surface area (Å²) in [5, 5.41) is 14.9. The highest BCUT2D eigenvalue weighted by molar-refractivity contribution is 7.99. The van der Waals surface area contributed by atoms with Crippen LogP contribution in [0.15, 0.2) is 23.4 Å². The maximum absolute atomic E-state index is 9.71. The number of rotatable bonds is 9. The van der Waals surface area contributed by atoms with Crippen LogP contribution in [0.3, 0.4) is 0 Å². The van der Waals surface area contributed by atoms with Crippen LogP contribution in [0.1, 0.15) is 39.0 Å². The largest absolute Gasteiger partial charge is 0.394 e. The number of nitrogens with zero attached hydrogens (tertiary/aromatic N) is 1. The molecule has 0 saturated heterocycles. The molecule has 0 spiro atoms. The van der Waals surface area contributed by atoms with Crippen molar-refractivity contribution in [1.82, 2.24) is 10.3 Å². The number of aliphatic hydroxyl groups excluding tert-OH is 1. The van der Waals surface area contributed by atoms with Crippen LogP contribution in [-0.4, -0.2) is 34.0 Å². The molecule has 1 aromatic heterocycles. The van der Waals surface area contributed by atoms with Crippen LogP contribution in [0.2, 0.25) is 5.02 Å². The second-order valence-corrected chi connectivity index (χ2v) is 6.94. The lowest BCUT2D eigenvalue weighted by Gasteiger charge is -2.32. The molecule has 2 rings (SSSR count). The molecule has 1 aliphatic rings. The first-order valence-corrected chi connectivity index (χ1v) is 8.67. The zero-order valence-electron chi connectivity index (χ0n) is 11.9. The lowest BCUT2D eigenvalue weighted by Crippen LogP contribution is -2.49. The van der Waals surface area contributed by atoms with E-state index >= 15 is 0 Å². The van der Waals surface area contributed by atoms with Crippen molar-refractivity contribution in [3.63, 3.8) is 0 Å². The minimum absolute atomic E-state index is 0.102. The number of hydrogen-bond acceptors (Lipinski definition) is 4.